The maximum Gasteiger partial charge on any atom is 0.193 e. The molecule has 3 aromatic carbocycles. The van der Waals surface area contributed by atoms with Gasteiger partial charge in [-0.05, 0) is 42.5 Å². The van der Waals surface area contributed by atoms with Gasteiger partial charge in [0.05, 0.1) is 0 Å². The van der Waals surface area contributed by atoms with Gasteiger partial charge in [-0.15, -0.1) is 0 Å². The summed E-state index contributed by atoms with van der Waals surface area (Å²) < 4.78 is 0. The van der Waals surface area contributed by atoms with E-state index in [1.807, 2.05) is 61.5 Å². The molecule has 0 saturated carbocycles. The van der Waals surface area contributed by atoms with Crippen molar-refractivity contribution >= 4 is 17.1 Å². The van der Waals surface area contributed by atoms with Gasteiger partial charge in [-0.3, -0.25) is 9.59 Å². The molecule has 1 unspecified atom stereocenters. The highest BCUT2D eigenvalue weighted by molar-refractivity contribution is 6.10. The van der Waals surface area contributed by atoms with Gasteiger partial charge in [-0.2, -0.15) is 0 Å². The lowest BCUT2D eigenvalue weighted by Gasteiger charge is -2.18. The van der Waals surface area contributed by atoms with Crippen LogP contribution in [0.15, 0.2) is 96.6 Å². The fraction of sp³-hybridized carbons (Fsp3) is 0.226. The van der Waals surface area contributed by atoms with Gasteiger partial charge >= 0.3 is 0 Å². The second-order valence-electron chi connectivity index (χ2n) is 8.76. The van der Waals surface area contributed by atoms with Crippen molar-refractivity contribution in [3.63, 3.8) is 0 Å². The van der Waals surface area contributed by atoms with Crippen molar-refractivity contribution in [2.45, 2.75) is 39.5 Å². The first-order valence-corrected chi connectivity index (χ1v) is 11.7. The molecule has 0 heterocycles. The van der Waals surface area contributed by atoms with Crippen molar-refractivity contribution in [2.75, 3.05) is 0 Å². The van der Waals surface area contributed by atoms with Crippen molar-refractivity contribution < 1.29 is 9.59 Å². The Bertz CT molecular complexity index is 1200. The highest BCUT2D eigenvalue weighted by Gasteiger charge is 2.23. The van der Waals surface area contributed by atoms with Gasteiger partial charge in [0.1, 0.15) is 5.78 Å². The van der Waals surface area contributed by atoms with E-state index in [1.54, 1.807) is 0 Å². The van der Waals surface area contributed by atoms with E-state index in [4.69, 9.17) is 0 Å². The van der Waals surface area contributed by atoms with Crippen molar-refractivity contribution in [1.82, 2.24) is 0 Å². The summed E-state index contributed by atoms with van der Waals surface area (Å²) in [4.78, 5) is 26.0. The van der Waals surface area contributed by atoms with Gasteiger partial charge < -0.3 is 0 Å². The second kappa shape index (κ2) is 10.4. The minimum atomic E-state index is -0.0247. The summed E-state index contributed by atoms with van der Waals surface area (Å²) in [5.41, 5.74) is 7.05. The number of carbonyl (C=O) groups is 2. The molecule has 0 aliphatic heterocycles. The Morgan fingerprint density at radius 2 is 1.55 bits per heavy atom. The molecular formula is C31H30O2. The van der Waals surface area contributed by atoms with Crippen molar-refractivity contribution in [3.05, 3.63) is 124 Å². The molecule has 0 fully saturated rings. The number of rotatable bonds is 9. The van der Waals surface area contributed by atoms with Crippen LogP contribution in [-0.4, -0.2) is 11.6 Å². The summed E-state index contributed by atoms with van der Waals surface area (Å²) in [6.07, 6.45) is 6.97. The molecule has 2 nitrogen and oxygen atoms in total. The van der Waals surface area contributed by atoms with Crippen LogP contribution in [0.3, 0.4) is 0 Å². The summed E-state index contributed by atoms with van der Waals surface area (Å²) in [6.45, 7) is 4.18. The second-order valence-corrected chi connectivity index (χ2v) is 8.76. The highest BCUT2D eigenvalue weighted by Crippen LogP contribution is 2.38. The number of Topliss-reactive ketones (excluding diaryl/α,β-unsaturated/α-hetero) is 1. The Labute approximate surface area is 196 Å². The monoisotopic (exact) mass is 434 g/mol. The summed E-state index contributed by atoms with van der Waals surface area (Å²) >= 11 is 0. The molecule has 0 N–H and O–H groups in total. The zero-order chi connectivity index (χ0) is 23.2. The Kier molecular flexibility index (Phi) is 7.14. The fourth-order valence-electron chi connectivity index (χ4n) is 4.68. The Morgan fingerprint density at radius 1 is 0.848 bits per heavy atom. The van der Waals surface area contributed by atoms with Crippen molar-refractivity contribution in [1.29, 1.82) is 0 Å². The van der Waals surface area contributed by atoms with Crippen LogP contribution in [0.4, 0.5) is 0 Å². The lowest BCUT2D eigenvalue weighted by atomic mass is 9.86. The number of carbonyl (C=O) groups excluding carboxylic acids is 2. The Hall–Kier alpha value is -3.52. The Balaban J connectivity index is 1.42. The fourth-order valence-corrected chi connectivity index (χ4v) is 4.68. The molecule has 0 aromatic heterocycles. The standard InChI is InChI=1S/C31H30O2/c1-3-28-24(17-19-29(28)23-10-6-4-7-11-23)16-18-27(32)21-26-15-14-22(2)20-30(26)31(33)25-12-8-5-9-13-25/h4-15,17,19-20,28H,3,16,18,21H2,1-2H3. The highest BCUT2D eigenvalue weighted by atomic mass is 16.1. The average Bonchev–Trinajstić information content (AvgIpc) is 3.27. The summed E-state index contributed by atoms with van der Waals surface area (Å²) in [7, 11) is 0. The van der Waals surface area contributed by atoms with E-state index in [0.717, 1.165) is 24.0 Å². The van der Waals surface area contributed by atoms with Gasteiger partial charge in [-0.1, -0.05) is 103 Å². The third-order valence-electron chi connectivity index (χ3n) is 6.44. The molecule has 0 saturated heterocycles. The normalized spacial score (nSPS) is 15.2. The van der Waals surface area contributed by atoms with Gasteiger partial charge in [0.15, 0.2) is 5.78 Å². The van der Waals surface area contributed by atoms with E-state index in [0.29, 0.717) is 23.5 Å². The molecule has 0 amide bonds. The van der Waals surface area contributed by atoms with Gasteiger partial charge in [0.25, 0.3) is 0 Å². The zero-order valence-corrected chi connectivity index (χ0v) is 19.4. The minimum absolute atomic E-state index is 0.0247. The largest absolute Gasteiger partial charge is 0.299 e. The topological polar surface area (TPSA) is 34.1 Å². The number of benzene rings is 3. The molecule has 1 atom stereocenters. The molecule has 4 rings (SSSR count). The maximum atomic E-state index is 13.1. The number of aryl methyl sites for hydroxylation is 1. The van der Waals surface area contributed by atoms with E-state index in [1.165, 1.54) is 16.7 Å². The van der Waals surface area contributed by atoms with Gasteiger partial charge in [0, 0.05) is 29.9 Å². The number of hydrogen-bond acceptors (Lipinski definition) is 2. The van der Waals surface area contributed by atoms with E-state index in [2.05, 4.69) is 43.3 Å². The van der Waals surface area contributed by atoms with Crippen LogP contribution in [0.2, 0.25) is 0 Å². The maximum absolute atomic E-state index is 13.1. The smallest absolute Gasteiger partial charge is 0.193 e. The molecule has 166 valence electrons. The van der Waals surface area contributed by atoms with E-state index in [-0.39, 0.29) is 18.0 Å². The van der Waals surface area contributed by atoms with Gasteiger partial charge in [-0.25, -0.2) is 0 Å². The van der Waals surface area contributed by atoms with Crippen LogP contribution >= 0.6 is 0 Å². The van der Waals surface area contributed by atoms with Crippen LogP contribution in [0.5, 0.6) is 0 Å². The molecule has 0 bridgehead atoms. The molecule has 3 aromatic rings. The van der Waals surface area contributed by atoms with E-state index in [9.17, 15) is 9.59 Å². The predicted molar refractivity (Wildman–Crippen MR) is 135 cm³/mol. The lowest BCUT2D eigenvalue weighted by molar-refractivity contribution is -0.118. The number of ketones is 2. The third kappa shape index (κ3) is 5.28. The third-order valence-corrected chi connectivity index (χ3v) is 6.44. The van der Waals surface area contributed by atoms with Gasteiger partial charge in [0.2, 0.25) is 0 Å². The number of allylic oxidation sites excluding steroid dienone is 4. The van der Waals surface area contributed by atoms with Crippen LogP contribution in [-0.2, 0) is 11.2 Å². The molecule has 0 spiro atoms. The predicted octanol–water partition coefficient (Wildman–Crippen LogP) is 7.17. The Morgan fingerprint density at radius 3 is 2.24 bits per heavy atom. The quantitative estimate of drug-likeness (QED) is 0.335. The average molecular weight is 435 g/mol. The summed E-state index contributed by atoms with van der Waals surface area (Å²) in [6, 6.07) is 25.6. The van der Waals surface area contributed by atoms with E-state index >= 15 is 0 Å². The molecule has 0 radical (unpaired) electrons. The van der Waals surface area contributed by atoms with Crippen LogP contribution in [0.1, 0.15) is 58.8 Å². The molecule has 1 aliphatic carbocycles. The first-order chi connectivity index (χ1) is 16.1. The molecule has 33 heavy (non-hydrogen) atoms. The number of hydrogen-bond donors (Lipinski definition) is 0. The molecular weight excluding hydrogens is 404 g/mol. The molecule has 2 heteroatoms. The first-order valence-electron chi connectivity index (χ1n) is 11.7. The first kappa shape index (κ1) is 22.7. The summed E-state index contributed by atoms with van der Waals surface area (Å²) in [5, 5.41) is 0. The minimum Gasteiger partial charge on any atom is -0.299 e. The van der Waals surface area contributed by atoms with Crippen LogP contribution in [0, 0.1) is 12.8 Å². The van der Waals surface area contributed by atoms with Crippen molar-refractivity contribution in [3.8, 4) is 0 Å². The SMILES string of the molecule is CCC1C(CCC(=O)Cc2ccc(C)cc2C(=O)c2ccccc2)=CC=C1c1ccccc1. The summed E-state index contributed by atoms with van der Waals surface area (Å²) in [5.74, 6) is 0.517. The lowest BCUT2D eigenvalue weighted by Crippen LogP contribution is -2.11. The van der Waals surface area contributed by atoms with Crippen LogP contribution in [0.25, 0.3) is 5.57 Å². The van der Waals surface area contributed by atoms with E-state index < -0.39 is 0 Å². The molecule has 1 aliphatic rings. The van der Waals surface area contributed by atoms with Crippen molar-refractivity contribution in [2.24, 2.45) is 5.92 Å². The van der Waals surface area contributed by atoms with Crippen LogP contribution < -0.4 is 0 Å². The zero-order valence-electron chi connectivity index (χ0n) is 19.4.